The maximum atomic E-state index is 10.7. The quantitative estimate of drug-likeness (QED) is 0.681. The molecule has 0 unspecified atom stereocenters. The number of piperidine rings is 1. The number of aryl methyl sites for hydroxylation is 1. The number of halogens is 1. The zero-order valence-electron chi connectivity index (χ0n) is 12.6. The normalized spacial score (nSPS) is 18.0. The highest BCUT2D eigenvalue weighted by atomic mass is 35.5. The number of rotatable bonds is 4. The molecule has 0 bridgehead atoms. The summed E-state index contributed by atoms with van der Waals surface area (Å²) in [6, 6.07) is 1.49. The van der Waals surface area contributed by atoms with E-state index in [9.17, 15) is 10.1 Å². The molecule has 3 rings (SSSR count). The first-order valence-corrected chi connectivity index (χ1v) is 7.71. The summed E-state index contributed by atoms with van der Waals surface area (Å²) in [6.07, 6.45) is 7.08. The van der Waals surface area contributed by atoms with Crippen molar-refractivity contribution in [2.45, 2.75) is 18.9 Å². The highest BCUT2D eigenvalue weighted by Gasteiger charge is 2.22. The third-order valence-corrected chi connectivity index (χ3v) is 4.14. The molecule has 1 fully saturated rings. The highest BCUT2D eigenvalue weighted by Crippen LogP contribution is 2.26. The van der Waals surface area contributed by atoms with Gasteiger partial charge in [-0.25, -0.2) is 4.98 Å². The summed E-state index contributed by atoms with van der Waals surface area (Å²) in [6.45, 7) is 1.78. The van der Waals surface area contributed by atoms with Gasteiger partial charge in [0.25, 0.3) is 5.69 Å². The van der Waals surface area contributed by atoms with Crippen molar-refractivity contribution in [1.29, 1.82) is 0 Å². The van der Waals surface area contributed by atoms with Crippen LogP contribution in [0.5, 0.6) is 0 Å². The summed E-state index contributed by atoms with van der Waals surface area (Å²) in [4.78, 5) is 16.6. The molecule has 0 radical (unpaired) electrons. The lowest BCUT2D eigenvalue weighted by Crippen LogP contribution is -2.42. The molecule has 0 aromatic carbocycles. The van der Waals surface area contributed by atoms with Gasteiger partial charge in [0.2, 0.25) is 0 Å². The number of anilines is 2. The van der Waals surface area contributed by atoms with Crippen LogP contribution in [0.25, 0.3) is 0 Å². The van der Waals surface area contributed by atoms with Crippen molar-refractivity contribution in [2.75, 3.05) is 23.3 Å². The molecule has 0 spiro atoms. The van der Waals surface area contributed by atoms with E-state index in [1.807, 2.05) is 19.4 Å². The van der Waals surface area contributed by atoms with Crippen LogP contribution in [0.2, 0.25) is 5.02 Å². The van der Waals surface area contributed by atoms with E-state index in [4.69, 9.17) is 11.6 Å². The minimum atomic E-state index is -0.507. The van der Waals surface area contributed by atoms with Gasteiger partial charge in [-0.05, 0) is 12.8 Å². The summed E-state index contributed by atoms with van der Waals surface area (Å²) in [5, 5.41) is 18.5. The fraction of sp³-hybridized carbons (Fsp3) is 0.429. The number of hydrogen-bond acceptors (Lipinski definition) is 6. The van der Waals surface area contributed by atoms with Crippen LogP contribution in [0.15, 0.2) is 24.7 Å². The summed E-state index contributed by atoms with van der Waals surface area (Å²) in [5.41, 5.74) is 0.975. The monoisotopic (exact) mass is 336 g/mol. The molecule has 1 atom stereocenters. The van der Waals surface area contributed by atoms with E-state index in [0.717, 1.165) is 31.6 Å². The first-order chi connectivity index (χ1) is 11.0. The second-order valence-electron chi connectivity index (χ2n) is 5.58. The Kier molecular flexibility index (Phi) is 4.33. The van der Waals surface area contributed by atoms with Crippen molar-refractivity contribution in [3.63, 3.8) is 0 Å². The first kappa shape index (κ1) is 15.5. The van der Waals surface area contributed by atoms with E-state index in [0.29, 0.717) is 5.82 Å². The average molecular weight is 337 g/mol. The lowest BCUT2D eigenvalue weighted by Gasteiger charge is -2.34. The molecule has 122 valence electrons. The Morgan fingerprint density at radius 2 is 2.30 bits per heavy atom. The van der Waals surface area contributed by atoms with Crippen LogP contribution in [-0.2, 0) is 7.05 Å². The highest BCUT2D eigenvalue weighted by molar-refractivity contribution is 6.33. The average Bonchev–Trinajstić information content (AvgIpc) is 2.96. The number of pyridine rings is 1. The van der Waals surface area contributed by atoms with Gasteiger partial charge in [-0.3, -0.25) is 14.8 Å². The van der Waals surface area contributed by atoms with Crippen LogP contribution >= 0.6 is 11.6 Å². The Balaban J connectivity index is 1.69. The van der Waals surface area contributed by atoms with Gasteiger partial charge in [-0.15, -0.1) is 0 Å². The van der Waals surface area contributed by atoms with Crippen LogP contribution in [-0.4, -0.2) is 38.8 Å². The fourth-order valence-electron chi connectivity index (χ4n) is 2.73. The molecule has 2 aromatic rings. The number of nitrogens with one attached hydrogen (secondary N) is 1. The van der Waals surface area contributed by atoms with Crippen LogP contribution in [0.4, 0.5) is 17.2 Å². The standard InChI is InChI=1S/C14H17ClN6O2/c1-19-9-12(7-17-19)20-4-2-3-10(8-20)18-14-13(15)5-11(6-16-14)21(22)23/h5-7,9-10H,2-4,8H2,1H3,(H,16,18)/t10-/m1/s1. The van der Waals surface area contributed by atoms with Gasteiger partial charge in [-0.1, -0.05) is 11.6 Å². The van der Waals surface area contributed by atoms with E-state index in [1.54, 1.807) is 4.68 Å². The predicted octanol–water partition coefficient (Wildman–Crippen LogP) is 2.46. The lowest BCUT2D eigenvalue weighted by molar-refractivity contribution is -0.385. The lowest BCUT2D eigenvalue weighted by atomic mass is 10.1. The second kappa shape index (κ2) is 6.41. The molecule has 8 nitrogen and oxygen atoms in total. The Labute approximate surface area is 138 Å². The Morgan fingerprint density at radius 3 is 2.96 bits per heavy atom. The van der Waals surface area contributed by atoms with Gasteiger partial charge < -0.3 is 10.2 Å². The maximum absolute atomic E-state index is 10.7. The van der Waals surface area contributed by atoms with Gasteiger partial charge >= 0.3 is 0 Å². The van der Waals surface area contributed by atoms with Crippen molar-refractivity contribution < 1.29 is 4.92 Å². The minimum Gasteiger partial charge on any atom is -0.367 e. The summed E-state index contributed by atoms with van der Waals surface area (Å²) < 4.78 is 1.78. The molecular weight excluding hydrogens is 320 g/mol. The summed E-state index contributed by atoms with van der Waals surface area (Å²) >= 11 is 6.09. The minimum absolute atomic E-state index is 0.110. The van der Waals surface area contributed by atoms with Gasteiger partial charge in [0.15, 0.2) is 0 Å². The zero-order valence-corrected chi connectivity index (χ0v) is 13.4. The van der Waals surface area contributed by atoms with E-state index in [2.05, 4.69) is 20.3 Å². The Morgan fingerprint density at radius 1 is 1.48 bits per heavy atom. The Bertz CT molecular complexity index is 719. The largest absolute Gasteiger partial charge is 0.367 e. The molecule has 1 aliphatic heterocycles. The molecule has 0 saturated carbocycles. The summed E-state index contributed by atoms with van der Waals surface area (Å²) in [7, 11) is 1.89. The molecule has 9 heteroatoms. The smallest absolute Gasteiger partial charge is 0.289 e. The van der Waals surface area contributed by atoms with Gasteiger partial charge in [-0.2, -0.15) is 5.10 Å². The molecule has 1 N–H and O–H groups in total. The van der Waals surface area contributed by atoms with Crippen LogP contribution < -0.4 is 10.2 Å². The molecular formula is C14H17ClN6O2. The maximum Gasteiger partial charge on any atom is 0.289 e. The summed E-state index contributed by atoms with van der Waals surface area (Å²) in [5.74, 6) is 0.482. The Hall–Kier alpha value is -2.35. The van der Waals surface area contributed by atoms with E-state index in [-0.39, 0.29) is 16.8 Å². The van der Waals surface area contributed by atoms with E-state index in [1.165, 1.54) is 12.3 Å². The molecule has 2 aromatic heterocycles. The van der Waals surface area contributed by atoms with Crippen molar-refractivity contribution in [2.24, 2.45) is 7.05 Å². The number of nitrogens with zero attached hydrogens (tertiary/aromatic N) is 5. The van der Waals surface area contributed by atoms with Crippen LogP contribution in [0, 0.1) is 10.1 Å². The van der Waals surface area contributed by atoms with Gasteiger partial charge in [0.05, 0.1) is 21.8 Å². The molecule has 23 heavy (non-hydrogen) atoms. The topological polar surface area (TPSA) is 89.1 Å². The van der Waals surface area contributed by atoms with Gasteiger partial charge in [0.1, 0.15) is 12.0 Å². The predicted molar refractivity (Wildman–Crippen MR) is 88.0 cm³/mol. The van der Waals surface area contributed by atoms with Gasteiger partial charge in [0, 0.05) is 38.4 Å². The number of hydrogen-bond donors (Lipinski definition) is 1. The fourth-order valence-corrected chi connectivity index (χ4v) is 2.94. The SMILES string of the molecule is Cn1cc(N2CCC[C@@H](Nc3ncc([N+](=O)[O-])cc3Cl)C2)cn1. The molecule has 1 aliphatic rings. The molecule has 1 saturated heterocycles. The van der Waals surface area contributed by atoms with E-state index < -0.39 is 4.92 Å². The third-order valence-electron chi connectivity index (χ3n) is 3.86. The number of aromatic nitrogens is 3. The van der Waals surface area contributed by atoms with Crippen molar-refractivity contribution >= 4 is 28.8 Å². The van der Waals surface area contributed by atoms with Crippen LogP contribution in [0.1, 0.15) is 12.8 Å². The zero-order chi connectivity index (χ0) is 16.4. The number of nitro groups is 1. The molecule has 3 heterocycles. The van der Waals surface area contributed by atoms with Crippen molar-refractivity contribution in [3.8, 4) is 0 Å². The second-order valence-corrected chi connectivity index (χ2v) is 5.99. The van der Waals surface area contributed by atoms with Crippen molar-refractivity contribution in [1.82, 2.24) is 14.8 Å². The molecule has 0 amide bonds. The third kappa shape index (κ3) is 3.53. The van der Waals surface area contributed by atoms with E-state index >= 15 is 0 Å². The van der Waals surface area contributed by atoms with Crippen molar-refractivity contribution in [3.05, 3.63) is 39.8 Å². The van der Waals surface area contributed by atoms with Crippen LogP contribution in [0.3, 0.4) is 0 Å². The first-order valence-electron chi connectivity index (χ1n) is 7.33. The molecule has 0 aliphatic carbocycles.